The van der Waals surface area contributed by atoms with Crippen molar-refractivity contribution in [2.45, 2.75) is 45.1 Å². The largest absolute Gasteiger partial charge is 0.369 e. The van der Waals surface area contributed by atoms with Crippen LogP contribution in [-0.4, -0.2) is 29.3 Å². The van der Waals surface area contributed by atoms with Crippen LogP contribution < -0.4 is 5.73 Å². The molecule has 4 nitrogen and oxygen atoms in total. The van der Waals surface area contributed by atoms with Gasteiger partial charge in [0.2, 0.25) is 11.8 Å². The molecule has 0 bridgehead atoms. The molecule has 1 heterocycles. The van der Waals surface area contributed by atoms with Crippen molar-refractivity contribution in [2.24, 2.45) is 11.7 Å². The Labute approximate surface area is 136 Å². The van der Waals surface area contributed by atoms with Gasteiger partial charge in [0.1, 0.15) is 0 Å². The second-order valence-corrected chi connectivity index (χ2v) is 6.49. The van der Waals surface area contributed by atoms with Crippen molar-refractivity contribution in [2.75, 3.05) is 6.54 Å². The fraction of sp³-hybridized carbons (Fsp3) is 0.529. The molecular weight excluding hydrogens is 300 g/mol. The molecule has 2 atom stereocenters. The Morgan fingerprint density at radius 2 is 1.95 bits per heavy atom. The average Bonchev–Trinajstić information content (AvgIpc) is 2.49. The van der Waals surface area contributed by atoms with E-state index in [4.69, 9.17) is 17.3 Å². The second-order valence-electron chi connectivity index (χ2n) is 6.05. The first-order valence-corrected chi connectivity index (χ1v) is 8.18. The predicted molar refractivity (Wildman–Crippen MR) is 87.5 cm³/mol. The Hall–Kier alpha value is -1.55. The lowest BCUT2D eigenvalue weighted by Crippen LogP contribution is -2.48. The van der Waals surface area contributed by atoms with E-state index in [-0.39, 0.29) is 23.8 Å². The highest BCUT2D eigenvalue weighted by Gasteiger charge is 2.31. The molecule has 2 N–H and O–H groups in total. The van der Waals surface area contributed by atoms with Gasteiger partial charge in [-0.25, -0.2) is 0 Å². The Balaban J connectivity index is 1.82. The maximum atomic E-state index is 12.4. The standard InChI is InChI=1S/C17H23ClN2O2/c1-12-5-8-14(17(19)22)11-20(12)16(21)4-2-3-13-6-9-15(18)10-7-13/h6-7,9-10,12,14H,2-5,8,11H2,1H3,(H2,19,22). The number of carbonyl (C=O) groups excluding carboxylic acids is 2. The van der Waals surface area contributed by atoms with Crippen LogP contribution in [0.4, 0.5) is 0 Å². The predicted octanol–water partition coefficient (Wildman–Crippen LogP) is 2.78. The zero-order valence-electron chi connectivity index (χ0n) is 12.9. The van der Waals surface area contributed by atoms with Crippen molar-refractivity contribution in [3.63, 3.8) is 0 Å². The topological polar surface area (TPSA) is 63.4 Å². The first-order valence-electron chi connectivity index (χ1n) is 7.80. The Kier molecular flexibility index (Phi) is 5.83. The third-order valence-corrected chi connectivity index (χ3v) is 4.63. The Morgan fingerprint density at radius 1 is 1.27 bits per heavy atom. The molecule has 1 aromatic carbocycles. The SMILES string of the molecule is CC1CCC(C(N)=O)CN1C(=O)CCCc1ccc(Cl)cc1. The van der Waals surface area contributed by atoms with Crippen LogP contribution in [0.15, 0.2) is 24.3 Å². The number of primary amides is 1. The molecule has 0 spiro atoms. The normalized spacial score (nSPS) is 21.6. The van der Waals surface area contributed by atoms with Gasteiger partial charge >= 0.3 is 0 Å². The minimum absolute atomic E-state index is 0.118. The lowest BCUT2D eigenvalue weighted by atomic mass is 9.92. The molecule has 2 rings (SSSR count). The number of hydrogen-bond acceptors (Lipinski definition) is 2. The molecule has 0 radical (unpaired) electrons. The lowest BCUT2D eigenvalue weighted by Gasteiger charge is -2.37. The van der Waals surface area contributed by atoms with E-state index in [9.17, 15) is 9.59 Å². The van der Waals surface area contributed by atoms with E-state index >= 15 is 0 Å². The summed E-state index contributed by atoms with van der Waals surface area (Å²) in [6.45, 7) is 2.50. The number of nitrogens with zero attached hydrogens (tertiary/aromatic N) is 1. The van der Waals surface area contributed by atoms with Gasteiger partial charge in [0.05, 0.1) is 5.92 Å². The van der Waals surface area contributed by atoms with Crippen LogP contribution in [0, 0.1) is 5.92 Å². The third-order valence-electron chi connectivity index (χ3n) is 4.37. The number of carbonyl (C=O) groups is 2. The van der Waals surface area contributed by atoms with Gasteiger partial charge in [-0.15, -0.1) is 0 Å². The molecule has 2 amide bonds. The number of amides is 2. The highest BCUT2D eigenvalue weighted by atomic mass is 35.5. The first-order chi connectivity index (χ1) is 10.5. The summed E-state index contributed by atoms with van der Waals surface area (Å²) in [5.74, 6) is -0.380. The van der Waals surface area contributed by atoms with E-state index in [1.807, 2.05) is 36.1 Å². The van der Waals surface area contributed by atoms with Crippen LogP contribution in [-0.2, 0) is 16.0 Å². The van der Waals surface area contributed by atoms with E-state index in [2.05, 4.69) is 0 Å². The number of halogens is 1. The number of piperidine rings is 1. The molecule has 0 aromatic heterocycles. The number of likely N-dealkylation sites (tertiary alicyclic amines) is 1. The van der Waals surface area contributed by atoms with Crippen molar-refractivity contribution in [3.05, 3.63) is 34.9 Å². The van der Waals surface area contributed by atoms with E-state index in [0.717, 1.165) is 30.7 Å². The van der Waals surface area contributed by atoms with E-state index < -0.39 is 0 Å². The van der Waals surface area contributed by atoms with Crippen LogP contribution in [0.3, 0.4) is 0 Å². The van der Waals surface area contributed by atoms with Crippen molar-refractivity contribution < 1.29 is 9.59 Å². The zero-order valence-corrected chi connectivity index (χ0v) is 13.7. The van der Waals surface area contributed by atoms with Crippen molar-refractivity contribution in [3.8, 4) is 0 Å². The maximum absolute atomic E-state index is 12.4. The minimum Gasteiger partial charge on any atom is -0.369 e. The fourth-order valence-corrected chi connectivity index (χ4v) is 3.05. The summed E-state index contributed by atoms with van der Waals surface area (Å²) in [6.07, 6.45) is 3.77. The summed E-state index contributed by atoms with van der Waals surface area (Å²) < 4.78 is 0. The van der Waals surface area contributed by atoms with E-state index in [1.165, 1.54) is 5.56 Å². The molecule has 0 aliphatic carbocycles. The van der Waals surface area contributed by atoms with Gasteiger partial charge in [0.15, 0.2) is 0 Å². The number of hydrogen-bond donors (Lipinski definition) is 1. The van der Waals surface area contributed by atoms with E-state index in [0.29, 0.717) is 13.0 Å². The summed E-state index contributed by atoms with van der Waals surface area (Å²) in [4.78, 5) is 25.5. The summed E-state index contributed by atoms with van der Waals surface area (Å²) in [6, 6.07) is 7.89. The summed E-state index contributed by atoms with van der Waals surface area (Å²) in [7, 11) is 0. The van der Waals surface area contributed by atoms with Gasteiger partial charge in [-0.3, -0.25) is 9.59 Å². The summed E-state index contributed by atoms with van der Waals surface area (Å²) in [5.41, 5.74) is 6.56. The Bertz CT molecular complexity index is 530. The first kappa shape index (κ1) is 16.8. The van der Waals surface area contributed by atoms with Crippen LogP contribution in [0.2, 0.25) is 5.02 Å². The molecule has 5 heteroatoms. The number of nitrogens with two attached hydrogens (primary N) is 1. The summed E-state index contributed by atoms with van der Waals surface area (Å²) >= 11 is 5.85. The second kappa shape index (κ2) is 7.63. The molecule has 1 saturated heterocycles. The fourth-order valence-electron chi connectivity index (χ4n) is 2.93. The molecule has 1 aliphatic heterocycles. The van der Waals surface area contributed by atoms with Gasteiger partial charge in [-0.1, -0.05) is 23.7 Å². The Morgan fingerprint density at radius 3 is 2.59 bits per heavy atom. The molecule has 1 fully saturated rings. The summed E-state index contributed by atoms with van der Waals surface area (Å²) in [5, 5.41) is 0.722. The van der Waals surface area contributed by atoms with Gasteiger partial charge in [0.25, 0.3) is 0 Å². The van der Waals surface area contributed by atoms with Crippen molar-refractivity contribution in [1.82, 2.24) is 4.90 Å². The number of rotatable bonds is 5. The van der Waals surface area contributed by atoms with Crippen LogP contribution in [0.25, 0.3) is 0 Å². The molecule has 0 saturated carbocycles. The average molecular weight is 323 g/mol. The molecule has 22 heavy (non-hydrogen) atoms. The quantitative estimate of drug-likeness (QED) is 0.906. The minimum atomic E-state index is -0.300. The smallest absolute Gasteiger partial charge is 0.222 e. The number of aryl methyl sites for hydroxylation is 1. The zero-order chi connectivity index (χ0) is 16.1. The molecule has 120 valence electrons. The van der Waals surface area contributed by atoms with Gasteiger partial charge < -0.3 is 10.6 Å². The van der Waals surface area contributed by atoms with Crippen LogP contribution in [0.5, 0.6) is 0 Å². The van der Waals surface area contributed by atoms with Gasteiger partial charge in [-0.2, -0.15) is 0 Å². The molecule has 1 aliphatic rings. The molecule has 1 aromatic rings. The third kappa shape index (κ3) is 4.47. The van der Waals surface area contributed by atoms with E-state index in [1.54, 1.807) is 0 Å². The maximum Gasteiger partial charge on any atom is 0.222 e. The van der Waals surface area contributed by atoms with Gasteiger partial charge in [0, 0.05) is 24.0 Å². The van der Waals surface area contributed by atoms with Gasteiger partial charge in [-0.05, 0) is 50.3 Å². The van der Waals surface area contributed by atoms with Crippen molar-refractivity contribution in [1.29, 1.82) is 0 Å². The molecule has 2 unspecified atom stereocenters. The lowest BCUT2D eigenvalue weighted by molar-refractivity contribution is -0.137. The highest BCUT2D eigenvalue weighted by molar-refractivity contribution is 6.30. The highest BCUT2D eigenvalue weighted by Crippen LogP contribution is 2.23. The monoisotopic (exact) mass is 322 g/mol. The van der Waals surface area contributed by atoms with Crippen LogP contribution in [0.1, 0.15) is 38.2 Å². The van der Waals surface area contributed by atoms with Crippen LogP contribution >= 0.6 is 11.6 Å². The number of benzene rings is 1. The van der Waals surface area contributed by atoms with Crippen molar-refractivity contribution >= 4 is 23.4 Å². The molecular formula is C17H23ClN2O2.